The molecule has 6 heteroatoms. The van der Waals surface area contributed by atoms with Gasteiger partial charge in [-0.25, -0.2) is 4.90 Å². The number of hydrogen-bond donors (Lipinski definition) is 0. The van der Waals surface area contributed by atoms with Crippen LogP contribution in [0.1, 0.15) is 33.2 Å². The Hall–Kier alpha value is -3.28. The number of nitrogens with zero attached hydrogens (tertiary/aromatic N) is 2. The van der Waals surface area contributed by atoms with E-state index in [9.17, 15) is 19.2 Å². The van der Waals surface area contributed by atoms with Gasteiger partial charge in [0.15, 0.2) is 0 Å². The minimum Gasteiger partial charge on any atom is -0.315 e. The number of amides is 3. The summed E-state index contributed by atoms with van der Waals surface area (Å²) in [5.41, 5.74) is 3.93. The highest BCUT2D eigenvalue weighted by Gasteiger charge is 2.49. The number of anilines is 2. The van der Waals surface area contributed by atoms with E-state index >= 15 is 0 Å². The third kappa shape index (κ3) is 2.12. The first-order chi connectivity index (χ1) is 12.4. The van der Waals surface area contributed by atoms with Crippen LogP contribution in [0.2, 0.25) is 0 Å². The Balaban J connectivity index is 0.000000135. The summed E-state index contributed by atoms with van der Waals surface area (Å²) in [4.78, 5) is 48.2. The maximum atomic E-state index is 11.8. The Morgan fingerprint density at radius 3 is 2.31 bits per heavy atom. The van der Waals surface area contributed by atoms with Crippen molar-refractivity contribution in [3.05, 3.63) is 59.2 Å². The number of hydrogen-bond acceptors (Lipinski definition) is 4. The molecule has 1 atom stereocenters. The fourth-order valence-corrected chi connectivity index (χ4v) is 3.61. The number of fused-ring (bicyclic) bond motifs is 1. The number of para-hydroxylation sites is 1. The van der Waals surface area contributed by atoms with E-state index < -0.39 is 5.92 Å². The van der Waals surface area contributed by atoms with E-state index in [1.807, 2.05) is 24.3 Å². The molecule has 0 saturated carbocycles. The lowest BCUT2D eigenvalue weighted by Crippen LogP contribution is -2.41. The molecule has 4 heterocycles. The first-order valence-electron chi connectivity index (χ1n) is 8.29. The summed E-state index contributed by atoms with van der Waals surface area (Å²) < 4.78 is 0. The highest BCUT2D eigenvalue weighted by Crippen LogP contribution is 2.43. The number of ketones is 1. The molecule has 2 aromatic carbocycles. The molecular formula is C20H16N2O4. The summed E-state index contributed by atoms with van der Waals surface area (Å²) in [5, 5.41) is 0. The first kappa shape index (κ1) is 16.2. The van der Waals surface area contributed by atoms with E-state index in [1.165, 1.54) is 11.8 Å². The summed E-state index contributed by atoms with van der Waals surface area (Å²) in [6.45, 7) is 1.48. The van der Waals surface area contributed by atoms with Gasteiger partial charge in [0.05, 0.1) is 16.8 Å². The lowest BCUT2D eigenvalue weighted by Gasteiger charge is -2.30. The van der Waals surface area contributed by atoms with Crippen LogP contribution in [0.15, 0.2) is 42.5 Å². The quantitative estimate of drug-likeness (QED) is 0.585. The lowest BCUT2D eigenvalue weighted by molar-refractivity contribution is -0.131. The summed E-state index contributed by atoms with van der Waals surface area (Å²) in [6.07, 6.45) is 0.536. The van der Waals surface area contributed by atoms with Gasteiger partial charge < -0.3 is 4.90 Å². The monoisotopic (exact) mass is 348 g/mol. The van der Waals surface area contributed by atoms with Crippen LogP contribution in [0.25, 0.3) is 0 Å². The molecule has 6 nitrogen and oxygen atoms in total. The predicted molar refractivity (Wildman–Crippen MR) is 95.3 cm³/mol. The lowest BCUT2D eigenvalue weighted by atomic mass is 9.89. The number of imide groups is 1. The largest absolute Gasteiger partial charge is 0.315 e. The minimum absolute atomic E-state index is 0.0543. The SMILES string of the molecule is CC(=O)C1Cc2ccccc2N(C)C1=O.O=C1c2cccc3c2C(=O)N13. The van der Waals surface area contributed by atoms with Gasteiger partial charge in [-0.3, -0.25) is 19.2 Å². The van der Waals surface area contributed by atoms with Gasteiger partial charge in [0.25, 0.3) is 11.8 Å². The summed E-state index contributed by atoms with van der Waals surface area (Å²) in [5.74, 6) is -0.946. The van der Waals surface area contributed by atoms with Crippen LogP contribution in [0.4, 0.5) is 11.4 Å². The molecular weight excluding hydrogens is 332 g/mol. The third-order valence-electron chi connectivity index (χ3n) is 5.03. The van der Waals surface area contributed by atoms with Gasteiger partial charge in [0.2, 0.25) is 5.91 Å². The maximum Gasteiger partial charge on any atom is 0.268 e. The number of benzene rings is 2. The zero-order valence-corrected chi connectivity index (χ0v) is 14.4. The Labute approximate surface area is 150 Å². The fraction of sp³-hybridized carbons (Fsp3) is 0.200. The molecule has 4 bridgehead atoms. The average molecular weight is 348 g/mol. The van der Waals surface area contributed by atoms with Gasteiger partial charge in [-0.15, -0.1) is 0 Å². The summed E-state index contributed by atoms with van der Waals surface area (Å²) in [7, 11) is 1.72. The third-order valence-corrected chi connectivity index (χ3v) is 5.03. The van der Waals surface area contributed by atoms with Gasteiger partial charge in [0, 0.05) is 12.7 Å². The van der Waals surface area contributed by atoms with Crippen molar-refractivity contribution >= 4 is 34.9 Å². The number of Topliss-reactive ketones (excluding diaryl/α,β-unsaturated/α-hetero) is 1. The molecule has 3 amide bonds. The maximum absolute atomic E-state index is 11.8. The zero-order chi connectivity index (χ0) is 18.6. The van der Waals surface area contributed by atoms with Gasteiger partial charge in [-0.1, -0.05) is 24.3 Å². The highest BCUT2D eigenvalue weighted by molar-refractivity contribution is 6.44. The molecule has 0 N–H and O–H groups in total. The minimum atomic E-state index is -0.495. The van der Waals surface area contributed by atoms with Crippen molar-refractivity contribution in [3.63, 3.8) is 0 Å². The van der Waals surface area contributed by atoms with E-state index in [4.69, 9.17) is 0 Å². The van der Waals surface area contributed by atoms with E-state index in [0.29, 0.717) is 17.5 Å². The van der Waals surface area contributed by atoms with Crippen molar-refractivity contribution in [1.29, 1.82) is 0 Å². The highest BCUT2D eigenvalue weighted by atomic mass is 16.2. The summed E-state index contributed by atoms with van der Waals surface area (Å²) in [6, 6.07) is 13.0. The molecule has 0 aliphatic carbocycles. The number of carbonyl (C=O) groups is 4. The van der Waals surface area contributed by atoms with Crippen LogP contribution >= 0.6 is 0 Å². The smallest absolute Gasteiger partial charge is 0.268 e. The number of carbonyl (C=O) groups excluding carboxylic acids is 4. The van der Waals surface area contributed by atoms with Gasteiger partial charge >= 0.3 is 0 Å². The molecule has 0 aromatic heterocycles. The van der Waals surface area contributed by atoms with Crippen LogP contribution in [0.5, 0.6) is 0 Å². The molecule has 4 aliphatic rings. The van der Waals surface area contributed by atoms with Crippen molar-refractivity contribution in [1.82, 2.24) is 0 Å². The van der Waals surface area contributed by atoms with Crippen molar-refractivity contribution in [2.24, 2.45) is 5.92 Å². The Kier molecular flexibility index (Phi) is 3.50. The molecule has 1 unspecified atom stereocenters. The standard InChI is InChI=1S/C12H13NO2.C8H3NO2/c1-8(14)10-7-9-5-3-4-6-11(9)13(2)12(10)15;10-7-4-2-1-3-5-6(4)8(11)9(5)7/h3-6,10H,7H2,1-2H3;1-3H. The molecule has 2 aromatic rings. The van der Waals surface area contributed by atoms with E-state index in [0.717, 1.165) is 16.9 Å². The normalized spacial score (nSPS) is 18.8. The molecule has 0 fully saturated rings. The molecule has 0 saturated heterocycles. The Morgan fingerprint density at radius 1 is 0.962 bits per heavy atom. The van der Waals surface area contributed by atoms with Crippen LogP contribution < -0.4 is 9.80 Å². The molecule has 130 valence electrons. The molecule has 0 spiro atoms. The molecule has 4 aliphatic heterocycles. The average Bonchev–Trinajstić information content (AvgIpc) is 2.99. The van der Waals surface area contributed by atoms with E-state index in [-0.39, 0.29) is 23.5 Å². The Morgan fingerprint density at radius 2 is 1.65 bits per heavy atom. The van der Waals surface area contributed by atoms with Crippen LogP contribution in [-0.2, 0) is 16.0 Å². The Bertz CT molecular complexity index is 995. The summed E-state index contributed by atoms with van der Waals surface area (Å²) >= 11 is 0. The van der Waals surface area contributed by atoms with Crippen molar-refractivity contribution in [2.45, 2.75) is 13.3 Å². The second kappa shape index (κ2) is 5.62. The van der Waals surface area contributed by atoms with Crippen LogP contribution in [0.3, 0.4) is 0 Å². The zero-order valence-electron chi connectivity index (χ0n) is 14.4. The topological polar surface area (TPSA) is 74.8 Å². The van der Waals surface area contributed by atoms with Crippen molar-refractivity contribution in [2.75, 3.05) is 16.8 Å². The van der Waals surface area contributed by atoms with Crippen molar-refractivity contribution < 1.29 is 19.2 Å². The first-order valence-corrected chi connectivity index (χ1v) is 8.29. The van der Waals surface area contributed by atoms with Crippen LogP contribution in [-0.4, -0.2) is 30.6 Å². The molecule has 26 heavy (non-hydrogen) atoms. The second-order valence-corrected chi connectivity index (χ2v) is 6.54. The van der Waals surface area contributed by atoms with Crippen LogP contribution in [0, 0.1) is 5.92 Å². The fourth-order valence-electron chi connectivity index (χ4n) is 3.61. The van der Waals surface area contributed by atoms with E-state index in [2.05, 4.69) is 0 Å². The van der Waals surface area contributed by atoms with Gasteiger partial charge in [-0.2, -0.15) is 0 Å². The second-order valence-electron chi connectivity index (χ2n) is 6.54. The van der Waals surface area contributed by atoms with E-state index in [1.54, 1.807) is 30.1 Å². The molecule has 6 rings (SSSR count). The number of rotatable bonds is 1. The van der Waals surface area contributed by atoms with Crippen molar-refractivity contribution in [3.8, 4) is 0 Å². The molecule has 0 radical (unpaired) electrons. The van der Waals surface area contributed by atoms with Gasteiger partial charge in [-0.05, 0) is 37.1 Å². The van der Waals surface area contributed by atoms with Gasteiger partial charge in [0.1, 0.15) is 11.7 Å². The predicted octanol–water partition coefficient (Wildman–Crippen LogP) is 2.21.